The Morgan fingerprint density at radius 1 is 1.25 bits per heavy atom. The van der Waals surface area contributed by atoms with E-state index in [1.165, 1.54) is 11.8 Å². The molecule has 1 aromatic carbocycles. The van der Waals surface area contributed by atoms with E-state index in [1.54, 1.807) is 12.3 Å². The SMILES string of the molecule is N#Cc1ccnc(Sc2ccccc2N)n1. The summed E-state index contributed by atoms with van der Waals surface area (Å²) in [5.74, 6) is 0. The van der Waals surface area contributed by atoms with Crippen molar-refractivity contribution < 1.29 is 0 Å². The van der Waals surface area contributed by atoms with E-state index in [0.717, 1.165) is 4.90 Å². The van der Waals surface area contributed by atoms with Gasteiger partial charge in [-0.05, 0) is 30.0 Å². The van der Waals surface area contributed by atoms with Crippen LogP contribution in [-0.2, 0) is 0 Å². The lowest BCUT2D eigenvalue weighted by molar-refractivity contribution is 0.952. The van der Waals surface area contributed by atoms with Gasteiger partial charge in [0.25, 0.3) is 0 Å². The van der Waals surface area contributed by atoms with Gasteiger partial charge in [0.15, 0.2) is 5.16 Å². The van der Waals surface area contributed by atoms with E-state index in [0.29, 0.717) is 16.5 Å². The molecular weight excluding hydrogens is 220 g/mol. The largest absolute Gasteiger partial charge is 0.398 e. The number of nitriles is 1. The van der Waals surface area contributed by atoms with E-state index >= 15 is 0 Å². The molecule has 0 bridgehead atoms. The highest BCUT2D eigenvalue weighted by molar-refractivity contribution is 7.99. The van der Waals surface area contributed by atoms with E-state index in [-0.39, 0.29) is 0 Å². The Morgan fingerprint density at radius 2 is 2.06 bits per heavy atom. The minimum Gasteiger partial charge on any atom is -0.398 e. The fourth-order valence-corrected chi connectivity index (χ4v) is 1.91. The molecule has 5 heteroatoms. The van der Waals surface area contributed by atoms with Gasteiger partial charge in [0, 0.05) is 16.8 Å². The predicted molar refractivity (Wildman–Crippen MR) is 61.7 cm³/mol. The third-order valence-corrected chi connectivity index (χ3v) is 2.84. The molecule has 2 N–H and O–H groups in total. The van der Waals surface area contributed by atoms with Crippen LogP contribution >= 0.6 is 11.8 Å². The van der Waals surface area contributed by atoms with Crippen LogP contribution in [0.2, 0.25) is 0 Å². The van der Waals surface area contributed by atoms with Gasteiger partial charge >= 0.3 is 0 Å². The summed E-state index contributed by atoms with van der Waals surface area (Å²) in [6.07, 6.45) is 1.56. The first-order valence-electron chi connectivity index (χ1n) is 4.55. The monoisotopic (exact) mass is 228 g/mol. The van der Waals surface area contributed by atoms with Crippen molar-refractivity contribution >= 4 is 17.4 Å². The first kappa shape index (κ1) is 10.5. The zero-order chi connectivity index (χ0) is 11.4. The van der Waals surface area contributed by atoms with Crippen molar-refractivity contribution in [3.63, 3.8) is 0 Å². The highest BCUT2D eigenvalue weighted by Crippen LogP contribution is 2.28. The summed E-state index contributed by atoms with van der Waals surface area (Å²) in [6.45, 7) is 0. The van der Waals surface area contributed by atoms with E-state index in [2.05, 4.69) is 9.97 Å². The van der Waals surface area contributed by atoms with E-state index in [4.69, 9.17) is 11.0 Å². The van der Waals surface area contributed by atoms with Crippen molar-refractivity contribution in [1.29, 1.82) is 5.26 Å². The number of hydrogen-bond donors (Lipinski definition) is 1. The van der Waals surface area contributed by atoms with Crippen molar-refractivity contribution in [2.45, 2.75) is 10.1 Å². The molecule has 2 aromatic rings. The molecule has 0 saturated carbocycles. The molecule has 0 spiro atoms. The maximum Gasteiger partial charge on any atom is 0.193 e. The summed E-state index contributed by atoms with van der Waals surface area (Å²) in [6, 6.07) is 11.0. The van der Waals surface area contributed by atoms with Crippen molar-refractivity contribution in [3.05, 3.63) is 42.2 Å². The van der Waals surface area contributed by atoms with Gasteiger partial charge in [-0.2, -0.15) is 5.26 Å². The fraction of sp³-hybridized carbons (Fsp3) is 0. The van der Waals surface area contributed by atoms with Gasteiger partial charge in [-0.3, -0.25) is 0 Å². The number of nitrogens with zero attached hydrogens (tertiary/aromatic N) is 3. The molecule has 0 saturated heterocycles. The molecule has 0 unspecified atom stereocenters. The second-order valence-corrected chi connectivity index (χ2v) is 3.99. The quantitative estimate of drug-likeness (QED) is 0.629. The second-order valence-electron chi connectivity index (χ2n) is 2.98. The lowest BCUT2D eigenvalue weighted by Crippen LogP contribution is -1.91. The second kappa shape index (κ2) is 4.64. The molecule has 1 aromatic heterocycles. The number of hydrogen-bond acceptors (Lipinski definition) is 5. The zero-order valence-corrected chi connectivity index (χ0v) is 9.11. The number of anilines is 1. The Hall–Kier alpha value is -2.06. The molecule has 1 heterocycles. The Morgan fingerprint density at radius 3 is 2.81 bits per heavy atom. The Balaban J connectivity index is 2.28. The number of benzene rings is 1. The maximum atomic E-state index is 8.71. The smallest absolute Gasteiger partial charge is 0.193 e. The van der Waals surface area contributed by atoms with Crippen molar-refractivity contribution in [2.75, 3.05) is 5.73 Å². The molecule has 2 rings (SSSR count). The standard InChI is InChI=1S/C11H8N4S/c12-7-8-5-6-14-11(15-8)16-10-4-2-1-3-9(10)13/h1-6H,13H2. The van der Waals surface area contributed by atoms with E-state index in [1.807, 2.05) is 30.3 Å². The average Bonchev–Trinajstić information content (AvgIpc) is 2.32. The first-order valence-corrected chi connectivity index (χ1v) is 5.37. The number of aromatic nitrogens is 2. The van der Waals surface area contributed by atoms with Crippen LogP contribution in [0.15, 0.2) is 46.6 Å². The third-order valence-electron chi connectivity index (χ3n) is 1.87. The molecule has 0 aliphatic heterocycles. The van der Waals surface area contributed by atoms with Crippen LogP contribution in [0.5, 0.6) is 0 Å². The van der Waals surface area contributed by atoms with Gasteiger partial charge in [-0.25, -0.2) is 9.97 Å². The van der Waals surface area contributed by atoms with Gasteiger partial charge < -0.3 is 5.73 Å². The third kappa shape index (κ3) is 2.30. The fourth-order valence-electron chi connectivity index (χ4n) is 1.12. The van der Waals surface area contributed by atoms with Crippen molar-refractivity contribution in [1.82, 2.24) is 9.97 Å². The minimum absolute atomic E-state index is 0.354. The number of rotatable bonds is 2. The molecule has 0 fully saturated rings. The van der Waals surface area contributed by atoms with Crippen LogP contribution in [0, 0.1) is 11.3 Å². The van der Waals surface area contributed by atoms with Gasteiger partial charge in [-0.1, -0.05) is 12.1 Å². The normalized spacial score (nSPS) is 9.69. The van der Waals surface area contributed by atoms with Crippen LogP contribution in [0.3, 0.4) is 0 Å². The summed E-state index contributed by atoms with van der Waals surface area (Å²) in [5.41, 5.74) is 6.83. The number of nitrogen functional groups attached to an aromatic ring is 1. The van der Waals surface area contributed by atoms with Crippen molar-refractivity contribution in [3.8, 4) is 6.07 Å². The molecule has 78 valence electrons. The summed E-state index contributed by atoms with van der Waals surface area (Å²) >= 11 is 1.35. The summed E-state index contributed by atoms with van der Waals surface area (Å²) in [5, 5.41) is 9.23. The Kier molecular flexibility index (Phi) is 3.03. The van der Waals surface area contributed by atoms with Crippen LogP contribution in [0.1, 0.15) is 5.69 Å². The van der Waals surface area contributed by atoms with Crippen LogP contribution < -0.4 is 5.73 Å². The van der Waals surface area contributed by atoms with E-state index in [9.17, 15) is 0 Å². The first-order chi connectivity index (χ1) is 7.79. The molecular formula is C11H8N4S. The van der Waals surface area contributed by atoms with E-state index < -0.39 is 0 Å². The average molecular weight is 228 g/mol. The van der Waals surface area contributed by atoms with Crippen molar-refractivity contribution in [2.24, 2.45) is 0 Å². The van der Waals surface area contributed by atoms with Crippen LogP contribution in [-0.4, -0.2) is 9.97 Å². The molecule has 0 amide bonds. The van der Waals surface area contributed by atoms with Crippen LogP contribution in [0.4, 0.5) is 5.69 Å². The zero-order valence-electron chi connectivity index (χ0n) is 8.29. The summed E-state index contributed by atoms with van der Waals surface area (Å²) in [7, 11) is 0. The molecule has 16 heavy (non-hydrogen) atoms. The Labute approximate surface area is 97.1 Å². The number of nitrogens with two attached hydrogens (primary N) is 1. The molecule has 0 radical (unpaired) electrons. The predicted octanol–water partition coefficient (Wildman–Crippen LogP) is 2.08. The Bertz CT molecular complexity index is 548. The van der Waals surface area contributed by atoms with Gasteiger partial charge in [0.1, 0.15) is 11.8 Å². The van der Waals surface area contributed by atoms with Gasteiger partial charge in [0.05, 0.1) is 0 Å². The maximum absolute atomic E-state index is 8.71. The minimum atomic E-state index is 0.354. The molecule has 0 atom stereocenters. The summed E-state index contributed by atoms with van der Waals surface area (Å²) < 4.78 is 0. The molecule has 4 nitrogen and oxygen atoms in total. The van der Waals surface area contributed by atoms with Crippen LogP contribution in [0.25, 0.3) is 0 Å². The highest BCUT2D eigenvalue weighted by atomic mass is 32.2. The topological polar surface area (TPSA) is 75.6 Å². The summed E-state index contributed by atoms with van der Waals surface area (Å²) in [4.78, 5) is 9.02. The number of para-hydroxylation sites is 1. The lowest BCUT2D eigenvalue weighted by Gasteiger charge is -2.02. The highest BCUT2D eigenvalue weighted by Gasteiger charge is 2.04. The lowest BCUT2D eigenvalue weighted by atomic mass is 10.3. The molecule has 0 aliphatic carbocycles. The molecule has 0 aliphatic rings. The van der Waals surface area contributed by atoms with Gasteiger partial charge in [-0.15, -0.1) is 0 Å². The van der Waals surface area contributed by atoms with Gasteiger partial charge in [0.2, 0.25) is 0 Å².